The van der Waals surface area contributed by atoms with Crippen molar-refractivity contribution in [1.82, 2.24) is 4.90 Å². The number of rotatable bonds is 4. The van der Waals surface area contributed by atoms with Gasteiger partial charge in [-0.2, -0.15) is 0 Å². The standard InChI is InChI=1S/C18H16N2O4/c1-11(16(21)19-12-6-5-7-13(10-12)24-2)20-17(22)14-8-3-4-9-15(14)18(20)23/h3-11H,1-2H3,(H,19,21)/t11-/m1/s1. The van der Waals surface area contributed by atoms with Crippen molar-refractivity contribution in [2.45, 2.75) is 13.0 Å². The first-order valence-electron chi connectivity index (χ1n) is 7.44. The highest BCUT2D eigenvalue weighted by atomic mass is 16.5. The number of nitrogens with zero attached hydrogens (tertiary/aromatic N) is 1. The van der Waals surface area contributed by atoms with Gasteiger partial charge < -0.3 is 10.1 Å². The van der Waals surface area contributed by atoms with E-state index in [0.717, 1.165) is 4.90 Å². The highest BCUT2D eigenvalue weighted by molar-refractivity contribution is 6.23. The molecule has 2 aromatic carbocycles. The Morgan fingerprint density at radius 1 is 1.04 bits per heavy atom. The highest BCUT2D eigenvalue weighted by Gasteiger charge is 2.40. The van der Waals surface area contributed by atoms with Crippen molar-refractivity contribution in [3.8, 4) is 5.75 Å². The zero-order valence-electron chi connectivity index (χ0n) is 13.3. The maximum absolute atomic E-state index is 12.4. The number of nitrogens with one attached hydrogen (secondary N) is 1. The summed E-state index contributed by atoms with van der Waals surface area (Å²) in [7, 11) is 1.53. The number of benzene rings is 2. The quantitative estimate of drug-likeness (QED) is 0.876. The summed E-state index contributed by atoms with van der Waals surface area (Å²) >= 11 is 0. The zero-order valence-corrected chi connectivity index (χ0v) is 13.3. The van der Waals surface area contributed by atoms with Gasteiger partial charge in [0.2, 0.25) is 5.91 Å². The number of anilines is 1. The number of hydrogen-bond donors (Lipinski definition) is 1. The first-order valence-corrected chi connectivity index (χ1v) is 7.44. The predicted molar refractivity (Wildman–Crippen MR) is 88.0 cm³/mol. The summed E-state index contributed by atoms with van der Waals surface area (Å²) in [5.41, 5.74) is 1.18. The SMILES string of the molecule is COc1cccc(NC(=O)[C@@H](C)N2C(=O)c3ccccc3C2=O)c1. The maximum Gasteiger partial charge on any atom is 0.262 e. The highest BCUT2D eigenvalue weighted by Crippen LogP contribution is 2.25. The van der Waals surface area contributed by atoms with Crippen molar-refractivity contribution in [3.05, 3.63) is 59.7 Å². The molecule has 6 heteroatoms. The molecule has 0 spiro atoms. The zero-order chi connectivity index (χ0) is 17.3. The van der Waals surface area contributed by atoms with E-state index in [9.17, 15) is 14.4 Å². The molecular formula is C18H16N2O4. The summed E-state index contributed by atoms with van der Waals surface area (Å²) < 4.78 is 5.10. The molecule has 1 heterocycles. The molecule has 122 valence electrons. The summed E-state index contributed by atoms with van der Waals surface area (Å²) in [6, 6.07) is 12.5. The summed E-state index contributed by atoms with van der Waals surface area (Å²) in [5, 5.41) is 2.70. The van der Waals surface area contributed by atoms with Gasteiger partial charge in [0, 0.05) is 11.8 Å². The van der Waals surface area contributed by atoms with Gasteiger partial charge in [0.1, 0.15) is 11.8 Å². The molecule has 0 saturated heterocycles. The van der Waals surface area contributed by atoms with Gasteiger partial charge in [0.25, 0.3) is 11.8 Å². The van der Waals surface area contributed by atoms with Crippen LogP contribution < -0.4 is 10.1 Å². The number of hydrogen-bond acceptors (Lipinski definition) is 4. The van der Waals surface area contributed by atoms with Gasteiger partial charge in [0.15, 0.2) is 0 Å². The van der Waals surface area contributed by atoms with Crippen molar-refractivity contribution in [3.63, 3.8) is 0 Å². The number of fused-ring (bicyclic) bond motifs is 1. The minimum atomic E-state index is -0.927. The first kappa shape index (κ1) is 15.7. The van der Waals surface area contributed by atoms with Crippen LogP contribution in [0.1, 0.15) is 27.6 Å². The second-order valence-electron chi connectivity index (χ2n) is 5.42. The van der Waals surface area contributed by atoms with Crippen LogP contribution in [0.25, 0.3) is 0 Å². The van der Waals surface area contributed by atoms with Crippen LogP contribution in [0.2, 0.25) is 0 Å². The van der Waals surface area contributed by atoms with Gasteiger partial charge >= 0.3 is 0 Å². The Bertz CT molecular complexity index is 796. The molecule has 24 heavy (non-hydrogen) atoms. The second kappa shape index (κ2) is 6.16. The molecule has 2 aromatic rings. The molecule has 1 atom stereocenters. The minimum absolute atomic E-state index is 0.323. The van der Waals surface area contributed by atoms with Gasteiger partial charge in [-0.3, -0.25) is 19.3 Å². The molecular weight excluding hydrogens is 308 g/mol. The Labute approximate surface area is 139 Å². The Morgan fingerprint density at radius 3 is 2.25 bits per heavy atom. The van der Waals surface area contributed by atoms with E-state index in [2.05, 4.69) is 5.32 Å². The van der Waals surface area contributed by atoms with Gasteiger partial charge in [-0.05, 0) is 31.2 Å². The maximum atomic E-state index is 12.4. The fourth-order valence-electron chi connectivity index (χ4n) is 2.62. The summed E-state index contributed by atoms with van der Waals surface area (Å²) in [6.45, 7) is 1.52. The van der Waals surface area contributed by atoms with Crippen LogP contribution in [0.3, 0.4) is 0 Å². The number of ether oxygens (including phenoxy) is 1. The summed E-state index contributed by atoms with van der Waals surface area (Å²) in [4.78, 5) is 38.3. The Kier molecular flexibility index (Phi) is 4.04. The number of carbonyl (C=O) groups excluding carboxylic acids is 3. The first-order chi connectivity index (χ1) is 11.5. The van der Waals surface area contributed by atoms with Crippen LogP contribution in [0, 0.1) is 0 Å². The van der Waals surface area contributed by atoms with Gasteiger partial charge in [-0.1, -0.05) is 18.2 Å². The number of imide groups is 1. The molecule has 0 radical (unpaired) electrons. The average molecular weight is 324 g/mol. The third kappa shape index (κ3) is 2.62. The molecule has 0 aliphatic carbocycles. The molecule has 1 N–H and O–H groups in total. The number of carbonyl (C=O) groups is 3. The Hall–Kier alpha value is -3.15. The van der Waals surface area contributed by atoms with E-state index >= 15 is 0 Å². The van der Waals surface area contributed by atoms with Crippen LogP contribution in [-0.2, 0) is 4.79 Å². The van der Waals surface area contributed by atoms with Crippen LogP contribution in [0.4, 0.5) is 5.69 Å². The molecule has 6 nitrogen and oxygen atoms in total. The lowest BCUT2D eigenvalue weighted by molar-refractivity contribution is -0.119. The van der Waals surface area contributed by atoms with Crippen LogP contribution in [0.15, 0.2) is 48.5 Å². The topological polar surface area (TPSA) is 75.7 Å². The molecule has 0 aromatic heterocycles. The smallest absolute Gasteiger partial charge is 0.262 e. The minimum Gasteiger partial charge on any atom is -0.497 e. The second-order valence-corrected chi connectivity index (χ2v) is 5.42. The molecule has 3 rings (SSSR count). The predicted octanol–water partition coefficient (Wildman–Crippen LogP) is 2.32. The lowest BCUT2D eigenvalue weighted by atomic mass is 10.1. The van der Waals surface area contributed by atoms with E-state index in [1.807, 2.05) is 0 Å². The van der Waals surface area contributed by atoms with E-state index < -0.39 is 23.8 Å². The molecule has 0 bridgehead atoms. The van der Waals surface area contributed by atoms with Crippen LogP contribution in [0.5, 0.6) is 5.75 Å². The normalized spacial score (nSPS) is 14.3. The average Bonchev–Trinajstić information content (AvgIpc) is 2.86. The molecule has 3 amide bonds. The largest absolute Gasteiger partial charge is 0.497 e. The van der Waals surface area contributed by atoms with Gasteiger partial charge in [-0.15, -0.1) is 0 Å². The third-order valence-corrected chi connectivity index (χ3v) is 3.93. The molecule has 0 fully saturated rings. The fraction of sp³-hybridized carbons (Fsp3) is 0.167. The molecule has 0 saturated carbocycles. The van der Waals surface area contributed by atoms with Gasteiger partial charge in [-0.25, -0.2) is 0 Å². The van der Waals surface area contributed by atoms with E-state index in [0.29, 0.717) is 22.6 Å². The van der Waals surface area contributed by atoms with Crippen molar-refractivity contribution in [1.29, 1.82) is 0 Å². The molecule has 0 unspecified atom stereocenters. The van der Waals surface area contributed by atoms with Crippen molar-refractivity contribution in [2.24, 2.45) is 0 Å². The van der Waals surface area contributed by atoms with Gasteiger partial charge in [0.05, 0.1) is 18.2 Å². The number of methoxy groups -OCH3 is 1. The van der Waals surface area contributed by atoms with E-state index in [-0.39, 0.29) is 0 Å². The lowest BCUT2D eigenvalue weighted by Gasteiger charge is -2.21. The van der Waals surface area contributed by atoms with Crippen molar-refractivity contribution >= 4 is 23.4 Å². The molecule has 1 aliphatic heterocycles. The fourth-order valence-corrected chi connectivity index (χ4v) is 2.62. The lowest BCUT2D eigenvalue weighted by Crippen LogP contribution is -2.45. The van der Waals surface area contributed by atoms with E-state index in [1.54, 1.807) is 48.5 Å². The van der Waals surface area contributed by atoms with Crippen LogP contribution >= 0.6 is 0 Å². The van der Waals surface area contributed by atoms with E-state index in [1.165, 1.54) is 14.0 Å². The van der Waals surface area contributed by atoms with Crippen molar-refractivity contribution < 1.29 is 19.1 Å². The Morgan fingerprint density at radius 2 is 1.67 bits per heavy atom. The van der Waals surface area contributed by atoms with E-state index in [4.69, 9.17) is 4.74 Å². The monoisotopic (exact) mass is 324 g/mol. The molecule has 1 aliphatic rings. The third-order valence-electron chi connectivity index (χ3n) is 3.93. The summed E-state index contributed by atoms with van der Waals surface area (Å²) in [6.07, 6.45) is 0. The summed E-state index contributed by atoms with van der Waals surface area (Å²) in [5.74, 6) is -0.758. The number of amides is 3. The van der Waals surface area contributed by atoms with Crippen molar-refractivity contribution in [2.75, 3.05) is 12.4 Å². The van der Waals surface area contributed by atoms with Crippen LogP contribution in [-0.4, -0.2) is 35.8 Å². The Balaban J connectivity index is 1.79.